The lowest BCUT2D eigenvalue weighted by Crippen LogP contribution is -2.07. The van der Waals surface area contributed by atoms with Crippen molar-refractivity contribution in [1.82, 2.24) is 29.9 Å². The number of nitrogen functional groups attached to an aromatic ring is 1. The minimum Gasteiger partial charge on any atom is -0.612 e. The number of ether oxygens (including phenoxy) is 1. The average molecular weight is 495 g/mol. The number of rotatable bonds is 6. The fraction of sp³-hybridized carbons (Fsp3) is 0.217. The van der Waals surface area contributed by atoms with Crippen LogP contribution < -0.4 is 15.8 Å². The van der Waals surface area contributed by atoms with E-state index in [2.05, 4.69) is 20.5 Å². The van der Waals surface area contributed by atoms with E-state index in [9.17, 15) is 8.94 Å². The number of aromatic amines is 1. The molecule has 35 heavy (non-hydrogen) atoms. The van der Waals surface area contributed by atoms with Crippen LogP contribution in [0, 0.1) is 5.82 Å². The Hall–Kier alpha value is -3.90. The minimum atomic E-state index is -1.15. The molecule has 0 aliphatic rings. The zero-order valence-corrected chi connectivity index (χ0v) is 20.3. The molecule has 180 valence electrons. The number of anilines is 3. The standard InChI is InChI=1S/C23H23FN8O2S/c1-11(2)32-22-18(20(31-32)13-6-7-15(24)19-14(13)10-26-30-19)21(25)28-23(29-22)27-16-8-5-12(35(4)33)9-17(16)34-3/h5-11H,1-4H3,(H,26,30)(H3,25,27,28,29). The highest BCUT2D eigenvalue weighted by atomic mass is 32.2. The predicted molar refractivity (Wildman–Crippen MR) is 134 cm³/mol. The molecule has 0 spiro atoms. The third kappa shape index (κ3) is 3.90. The zero-order valence-electron chi connectivity index (χ0n) is 19.5. The van der Waals surface area contributed by atoms with E-state index in [0.717, 1.165) is 0 Å². The summed E-state index contributed by atoms with van der Waals surface area (Å²) in [5, 5.41) is 15.7. The van der Waals surface area contributed by atoms with Gasteiger partial charge >= 0.3 is 0 Å². The molecule has 1 unspecified atom stereocenters. The quantitative estimate of drug-likeness (QED) is 0.299. The van der Waals surface area contributed by atoms with Crippen molar-refractivity contribution in [2.75, 3.05) is 24.4 Å². The van der Waals surface area contributed by atoms with Crippen LogP contribution in [-0.2, 0) is 11.2 Å². The highest BCUT2D eigenvalue weighted by Crippen LogP contribution is 2.37. The number of benzene rings is 2. The first kappa shape index (κ1) is 22.9. The normalized spacial score (nSPS) is 12.5. The van der Waals surface area contributed by atoms with Gasteiger partial charge in [0, 0.05) is 23.1 Å². The lowest BCUT2D eigenvalue weighted by molar-refractivity contribution is 0.415. The van der Waals surface area contributed by atoms with Gasteiger partial charge in [-0.15, -0.1) is 0 Å². The molecule has 0 aliphatic carbocycles. The molecule has 0 aliphatic heterocycles. The molecule has 10 nitrogen and oxygen atoms in total. The monoisotopic (exact) mass is 494 g/mol. The minimum absolute atomic E-state index is 0.0398. The molecular weight excluding hydrogens is 471 g/mol. The van der Waals surface area contributed by atoms with Crippen LogP contribution in [0.4, 0.5) is 21.8 Å². The van der Waals surface area contributed by atoms with Gasteiger partial charge in [-0.05, 0) is 49.3 Å². The van der Waals surface area contributed by atoms with E-state index in [1.165, 1.54) is 13.2 Å². The molecule has 3 heterocycles. The van der Waals surface area contributed by atoms with Gasteiger partial charge in [-0.1, -0.05) is 0 Å². The summed E-state index contributed by atoms with van der Waals surface area (Å²) in [7, 11) is 1.53. The molecule has 2 aromatic carbocycles. The SMILES string of the molecule is COc1cc([S+](C)[O-])ccc1Nc1nc(N)c2c(-c3ccc(F)c4[nH]ncc34)nn(C(C)C)c2n1. The van der Waals surface area contributed by atoms with Crippen molar-refractivity contribution in [3.05, 3.63) is 42.3 Å². The summed E-state index contributed by atoms with van der Waals surface area (Å²) in [4.78, 5) is 9.80. The van der Waals surface area contributed by atoms with Crippen LogP contribution >= 0.6 is 0 Å². The summed E-state index contributed by atoms with van der Waals surface area (Å²) in [5.74, 6) is 0.549. The van der Waals surface area contributed by atoms with E-state index < -0.39 is 17.0 Å². The van der Waals surface area contributed by atoms with E-state index in [4.69, 9.17) is 20.6 Å². The molecular formula is C23H23FN8O2S. The van der Waals surface area contributed by atoms with E-state index in [0.29, 0.717) is 44.0 Å². The summed E-state index contributed by atoms with van der Waals surface area (Å²) >= 11 is -1.15. The number of nitrogens with zero attached hydrogens (tertiary/aromatic N) is 5. The summed E-state index contributed by atoms with van der Waals surface area (Å²) in [6, 6.07) is 8.16. The number of halogens is 1. The van der Waals surface area contributed by atoms with E-state index >= 15 is 0 Å². The van der Waals surface area contributed by atoms with Crippen LogP contribution in [0.3, 0.4) is 0 Å². The molecule has 0 saturated heterocycles. The van der Waals surface area contributed by atoms with Gasteiger partial charge in [-0.25, -0.2) is 9.07 Å². The smallest absolute Gasteiger partial charge is 0.231 e. The third-order valence-corrected chi connectivity index (χ3v) is 6.56. The summed E-state index contributed by atoms with van der Waals surface area (Å²) in [5.41, 5.74) is 9.04. The molecule has 0 amide bonds. The molecule has 4 N–H and O–H groups in total. The first-order valence-corrected chi connectivity index (χ1v) is 12.3. The lowest BCUT2D eigenvalue weighted by Gasteiger charge is -2.13. The molecule has 0 fully saturated rings. The van der Waals surface area contributed by atoms with Gasteiger partial charge in [0.25, 0.3) is 0 Å². The number of methoxy groups -OCH3 is 1. The maximum atomic E-state index is 14.3. The lowest BCUT2D eigenvalue weighted by atomic mass is 10.0. The topological polar surface area (TPSA) is 143 Å². The fourth-order valence-corrected chi connectivity index (χ4v) is 4.48. The van der Waals surface area contributed by atoms with E-state index in [-0.39, 0.29) is 23.3 Å². The van der Waals surface area contributed by atoms with Crippen molar-refractivity contribution in [2.45, 2.75) is 24.8 Å². The second kappa shape index (κ2) is 8.71. The average Bonchev–Trinajstić information content (AvgIpc) is 3.46. The second-order valence-electron chi connectivity index (χ2n) is 8.21. The highest BCUT2D eigenvalue weighted by Gasteiger charge is 2.23. The van der Waals surface area contributed by atoms with Crippen LogP contribution in [0.1, 0.15) is 19.9 Å². The summed E-state index contributed by atoms with van der Waals surface area (Å²) in [6.07, 6.45) is 3.16. The Balaban J connectivity index is 1.66. The van der Waals surface area contributed by atoms with E-state index in [1.807, 2.05) is 13.8 Å². The zero-order chi connectivity index (χ0) is 24.9. The van der Waals surface area contributed by atoms with Crippen LogP contribution in [0.5, 0.6) is 5.75 Å². The van der Waals surface area contributed by atoms with Crippen LogP contribution in [-0.4, -0.2) is 47.9 Å². The maximum Gasteiger partial charge on any atom is 0.231 e. The van der Waals surface area contributed by atoms with Crippen molar-refractivity contribution in [3.8, 4) is 17.0 Å². The van der Waals surface area contributed by atoms with Gasteiger partial charge in [0.15, 0.2) is 10.5 Å². The fourth-order valence-electron chi connectivity index (χ4n) is 3.95. The highest BCUT2D eigenvalue weighted by molar-refractivity contribution is 7.90. The number of nitrogens with one attached hydrogen (secondary N) is 2. The molecule has 5 aromatic rings. The van der Waals surface area contributed by atoms with Crippen LogP contribution in [0.25, 0.3) is 33.2 Å². The number of aromatic nitrogens is 6. The van der Waals surface area contributed by atoms with E-state index in [1.54, 1.807) is 41.4 Å². The van der Waals surface area contributed by atoms with Crippen LogP contribution in [0.2, 0.25) is 0 Å². The second-order valence-corrected chi connectivity index (χ2v) is 9.59. The summed E-state index contributed by atoms with van der Waals surface area (Å²) in [6.45, 7) is 3.96. The van der Waals surface area contributed by atoms with Crippen molar-refractivity contribution >= 4 is 50.6 Å². The van der Waals surface area contributed by atoms with Crippen molar-refractivity contribution in [3.63, 3.8) is 0 Å². The van der Waals surface area contributed by atoms with Crippen LogP contribution in [0.15, 0.2) is 41.4 Å². The molecule has 0 bridgehead atoms. The third-order valence-electron chi connectivity index (χ3n) is 5.64. The van der Waals surface area contributed by atoms with Gasteiger partial charge in [-0.2, -0.15) is 20.2 Å². The molecule has 1 atom stereocenters. The van der Waals surface area contributed by atoms with Crippen molar-refractivity contribution in [1.29, 1.82) is 0 Å². The number of hydrogen-bond acceptors (Lipinski definition) is 8. The number of fused-ring (bicyclic) bond motifs is 2. The van der Waals surface area contributed by atoms with Gasteiger partial charge in [-0.3, -0.25) is 5.10 Å². The number of hydrogen-bond donors (Lipinski definition) is 3. The molecule has 5 rings (SSSR count). The molecule has 12 heteroatoms. The van der Waals surface area contributed by atoms with Gasteiger partial charge < -0.3 is 20.3 Å². The molecule has 3 aromatic heterocycles. The van der Waals surface area contributed by atoms with Gasteiger partial charge in [0.05, 0.1) is 24.4 Å². The molecule has 0 radical (unpaired) electrons. The number of H-pyrrole nitrogens is 1. The largest absolute Gasteiger partial charge is 0.612 e. The van der Waals surface area contributed by atoms with Crippen molar-refractivity contribution < 1.29 is 13.7 Å². The Morgan fingerprint density at radius 1 is 1.23 bits per heavy atom. The summed E-state index contributed by atoms with van der Waals surface area (Å²) < 4.78 is 33.3. The Morgan fingerprint density at radius 2 is 2.03 bits per heavy atom. The first-order valence-electron chi connectivity index (χ1n) is 10.7. The van der Waals surface area contributed by atoms with Gasteiger partial charge in [0.2, 0.25) is 5.95 Å². The Kier molecular flexibility index (Phi) is 5.69. The Labute approximate surface area is 202 Å². The van der Waals surface area contributed by atoms with Gasteiger partial charge in [0.1, 0.15) is 34.9 Å². The Bertz CT molecular complexity index is 1560. The molecule has 0 saturated carbocycles. The predicted octanol–water partition coefficient (Wildman–Crippen LogP) is 4.16. The Morgan fingerprint density at radius 3 is 2.74 bits per heavy atom. The first-order chi connectivity index (χ1) is 16.8. The van der Waals surface area contributed by atoms with Crippen molar-refractivity contribution in [2.24, 2.45) is 0 Å². The maximum absolute atomic E-state index is 14.3. The number of nitrogens with two attached hydrogens (primary N) is 1.